The van der Waals surface area contributed by atoms with Gasteiger partial charge in [0.05, 0.1) is 16.7 Å². The van der Waals surface area contributed by atoms with Crippen LogP contribution >= 0.6 is 0 Å². The quantitative estimate of drug-likeness (QED) is 0.764. The molecule has 28 heavy (non-hydrogen) atoms. The number of carbonyl (C=O) groups excluding carboxylic acids is 1. The molecular weight excluding hydrogens is 376 g/mol. The van der Waals surface area contributed by atoms with Crippen molar-refractivity contribution in [2.24, 2.45) is 0 Å². The predicted molar refractivity (Wildman–Crippen MR) is 110 cm³/mol. The van der Waals surface area contributed by atoms with Gasteiger partial charge in [-0.2, -0.15) is 0 Å². The molecule has 0 aliphatic heterocycles. The Balaban J connectivity index is 1.65. The van der Waals surface area contributed by atoms with Crippen LogP contribution in [0.3, 0.4) is 0 Å². The van der Waals surface area contributed by atoms with E-state index in [0.717, 1.165) is 25.7 Å². The highest BCUT2D eigenvalue weighted by Crippen LogP contribution is 2.24. The first-order valence-corrected chi connectivity index (χ1v) is 11.0. The normalized spacial score (nSPS) is 15.2. The lowest BCUT2D eigenvalue weighted by Gasteiger charge is -2.21. The van der Waals surface area contributed by atoms with Crippen molar-refractivity contribution in [2.75, 3.05) is 23.3 Å². The molecule has 0 saturated heterocycles. The molecule has 0 heterocycles. The molecule has 1 fully saturated rings. The van der Waals surface area contributed by atoms with Crippen molar-refractivity contribution < 1.29 is 17.9 Å². The molecular formula is C21H26N2O4S. The van der Waals surface area contributed by atoms with Gasteiger partial charge in [-0.15, -0.1) is 0 Å². The van der Waals surface area contributed by atoms with Crippen molar-refractivity contribution >= 4 is 27.3 Å². The smallest absolute Gasteiger partial charge is 0.264 e. The van der Waals surface area contributed by atoms with Crippen LogP contribution in [0.4, 0.5) is 11.4 Å². The highest BCUT2D eigenvalue weighted by Gasteiger charge is 2.22. The van der Waals surface area contributed by atoms with Crippen LogP contribution in [0.2, 0.25) is 0 Å². The number of para-hydroxylation sites is 1. The maximum atomic E-state index is 12.9. The Labute approximate surface area is 166 Å². The third-order valence-electron chi connectivity index (χ3n) is 4.90. The number of anilines is 2. The fraction of sp³-hybridized carbons (Fsp3) is 0.381. The molecule has 1 amide bonds. The molecule has 0 bridgehead atoms. The summed E-state index contributed by atoms with van der Waals surface area (Å²) in [7, 11) is -2.22. The SMILES string of the molecule is CN(c1ccccc1)S(=O)(=O)c1cccc(NC(=O)COC2CCCCC2)c1. The molecule has 2 aromatic rings. The zero-order valence-corrected chi connectivity index (χ0v) is 16.8. The number of sulfonamides is 1. The number of carbonyl (C=O) groups is 1. The van der Waals surface area contributed by atoms with Gasteiger partial charge in [-0.3, -0.25) is 9.10 Å². The molecule has 0 aromatic heterocycles. The zero-order chi connectivity index (χ0) is 20.0. The summed E-state index contributed by atoms with van der Waals surface area (Å²) >= 11 is 0. The summed E-state index contributed by atoms with van der Waals surface area (Å²) in [6.07, 6.45) is 5.64. The average molecular weight is 403 g/mol. The minimum atomic E-state index is -3.73. The monoisotopic (exact) mass is 402 g/mol. The number of ether oxygens (including phenoxy) is 1. The van der Waals surface area contributed by atoms with E-state index in [-0.39, 0.29) is 23.5 Å². The summed E-state index contributed by atoms with van der Waals surface area (Å²) in [5.41, 5.74) is 0.998. The van der Waals surface area contributed by atoms with Crippen LogP contribution in [0, 0.1) is 0 Å². The molecule has 1 aliphatic carbocycles. The Morgan fingerprint density at radius 3 is 2.50 bits per heavy atom. The number of amides is 1. The van der Waals surface area contributed by atoms with Crippen molar-refractivity contribution in [1.82, 2.24) is 0 Å². The van der Waals surface area contributed by atoms with E-state index in [1.54, 1.807) is 36.4 Å². The first-order valence-electron chi connectivity index (χ1n) is 9.52. The Bertz CT molecular complexity index is 894. The van der Waals surface area contributed by atoms with E-state index < -0.39 is 10.0 Å². The summed E-state index contributed by atoms with van der Waals surface area (Å²) in [6, 6.07) is 15.1. The largest absolute Gasteiger partial charge is 0.368 e. The Kier molecular flexibility index (Phi) is 6.70. The van der Waals surface area contributed by atoms with Gasteiger partial charge in [-0.25, -0.2) is 8.42 Å². The van der Waals surface area contributed by atoms with Crippen molar-refractivity contribution in [3.8, 4) is 0 Å². The third kappa shape index (κ3) is 5.11. The van der Waals surface area contributed by atoms with Gasteiger partial charge in [0.1, 0.15) is 6.61 Å². The molecule has 1 saturated carbocycles. The molecule has 6 nitrogen and oxygen atoms in total. The van der Waals surface area contributed by atoms with Crippen molar-refractivity contribution in [1.29, 1.82) is 0 Å². The molecule has 3 rings (SSSR count). The molecule has 1 aliphatic rings. The van der Waals surface area contributed by atoms with E-state index in [2.05, 4.69) is 5.32 Å². The maximum absolute atomic E-state index is 12.9. The number of hydrogen-bond acceptors (Lipinski definition) is 4. The standard InChI is InChI=1S/C21H26N2O4S/c1-23(18-10-4-2-5-11-18)28(25,26)20-14-8-9-17(15-20)22-21(24)16-27-19-12-6-3-7-13-19/h2,4-5,8-11,14-15,19H,3,6-7,12-13,16H2,1H3,(H,22,24). The van der Waals surface area contributed by atoms with Crippen LogP contribution in [-0.2, 0) is 19.6 Å². The molecule has 0 unspecified atom stereocenters. The summed E-state index contributed by atoms with van der Waals surface area (Å²) in [6.45, 7) is -0.0223. The second-order valence-corrected chi connectivity index (χ2v) is 8.92. The number of benzene rings is 2. The lowest BCUT2D eigenvalue weighted by atomic mass is 9.98. The van der Waals surface area contributed by atoms with E-state index in [0.29, 0.717) is 11.4 Å². The second kappa shape index (κ2) is 9.21. The highest BCUT2D eigenvalue weighted by atomic mass is 32.2. The van der Waals surface area contributed by atoms with Crippen molar-refractivity contribution in [2.45, 2.75) is 43.1 Å². The number of nitrogens with one attached hydrogen (secondary N) is 1. The predicted octanol–water partition coefficient (Wildman–Crippen LogP) is 3.80. The molecule has 150 valence electrons. The zero-order valence-electron chi connectivity index (χ0n) is 16.0. The fourth-order valence-electron chi connectivity index (χ4n) is 3.29. The van der Waals surface area contributed by atoms with Crippen molar-refractivity contribution in [3.63, 3.8) is 0 Å². The lowest BCUT2D eigenvalue weighted by Crippen LogP contribution is -2.27. The van der Waals surface area contributed by atoms with Gasteiger partial charge < -0.3 is 10.1 Å². The Hall–Kier alpha value is -2.38. The van der Waals surface area contributed by atoms with E-state index in [9.17, 15) is 13.2 Å². The van der Waals surface area contributed by atoms with E-state index >= 15 is 0 Å². The van der Waals surface area contributed by atoms with Gasteiger partial charge in [-0.05, 0) is 43.2 Å². The summed E-state index contributed by atoms with van der Waals surface area (Å²) in [5.74, 6) is -0.281. The van der Waals surface area contributed by atoms with Gasteiger partial charge in [0.15, 0.2) is 0 Å². The van der Waals surface area contributed by atoms with E-state index in [1.165, 1.54) is 29.9 Å². The van der Waals surface area contributed by atoms with Crippen LogP contribution in [0.25, 0.3) is 0 Å². The van der Waals surface area contributed by atoms with Gasteiger partial charge in [0, 0.05) is 12.7 Å². The molecule has 2 aromatic carbocycles. The third-order valence-corrected chi connectivity index (χ3v) is 6.68. The number of rotatable bonds is 7. The van der Waals surface area contributed by atoms with Gasteiger partial charge >= 0.3 is 0 Å². The molecule has 0 radical (unpaired) electrons. The average Bonchev–Trinajstić information content (AvgIpc) is 2.73. The minimum absolute atomic E-state index is 0.0223. The van der Waals surface area contributed by atoms with Crippen LogP contribution in [0.1, 0.15) is 32.1 Å². The van der Waals surface area contributed by atoms with Crippen LogP contribution < -0.4 is 9.62 Å². The van der Waals surface area contributed by atoms with Crippen LogP contribution in [0.15, 0.2) is 59.5 Å². The molecule has 7 heteroatoms. The van der Waals surface area contributed by atoms with Crippen LogP contribution in [0.5, 0.6) is 0 Å². The van der Waals surface area contributed by atoms with Crippen molar-refractivity contribution in [3.05, 3.63) is 54.6 Å². The van der Waals surface area contributed by atoms with E-state index in [1.807, 2.05) is 6.07 Å². The van der Waals surface area contributed by atoms with E-state index in [4.69, 9.17) is 4.74 Å². The number of nitrogens with zero attached hydrogens (tertiary/aromatic N) is 1. The molecule has 0 atom stereocenters. The topological polar surface area (TPSA) is 75.7 Å². The summed E-state index contributed by atoms with van der Waals surface area (Å²) < 4.78 is 32.7. The van der Waals surface area contributed by atoms with Gasteiger partial charge in [0.25, 0.3) is 10.0 Å². The highest BCUT2D eigenvalue weighted by molar-refractivity contribution is 7.92. The Morgan fingerprint density at radius 2 is 1.79 bits per heavy atom. The van der Waals surface area contributed by atoms with Gasteiger partial charge in [-0.1, -0.05) is 43.5 Å². The summed E-state index contributed by atoms with van der Waals surface area (Å²) in [4.78, 5) is 12.3. The second-order valence-electron chi connectivity index (χ2n) is 6.96. The first-order chi connectivity index (χ1) is 13.5. The summed E-state index contributed by atoms with van der Waals surface area (Å²) in [5, 5.41) is 2.73. The fourth-order valence-corrected chi connectivity index (χ4v) is 4.53. The minimum Gasteiger partial charge on any atom is -0.368 e. The Morgan fingerprint density at radius 1 is 1.07 bits per heavy atom. The molecule has 1 N–H and O–H groups in total. The molecule has 0 spiro atoms. The van der Waals surface area contributed by atoms with Crippen LogP contribution in [-0.4, -0.2) is 34.1 Å². The first kappa shape index (κ1) is 20.4. The maximum Gasteiger partial charge on any atom is 0.264 e. The van der Waals surface area contributed by atoms with Gasteiger partial charge in [0.2, 0.25) is 5.91 Å². The number of hydrogen-bond donors (Lipinski definition) is 1. The lowest BCUT2D eigenvalue weighted by molar-refractivity contribution is -0.123.